The first-order chi connectivity index (χ1) is 8.68. The first kappa shape index (κ1) is 13.5. The van der Waals surface area contributed by atoms with Gasteiger partial charge in [-0.25, -0.2) is 0 Å². The molecular formula is C12H12F3N3O. The molecule has 0 atom stereocenters. The highest BCUT2D eigenvalue weighted by Crippen LogP contribution is 2.29. The summed E-state index contributed by atoms with van der Waals surface area (Å²) in [6, 6.07) is 2.14. The van der Waals surface area contributed by atoms with Gasteiger partial charge in [0.1, 0.15) is 5.69 Å². The van der Waals surface area contributed by atoms with Gasteiger partial charge in [-0.15, -0.1) is 0 Å². The maximum atomic E-state index is 12.4. The number of alkyl halides is 3. The van der Waals surface area contributed by atoms with E-state index >= 15 is 0 Å². The Balaban J connectivity index is 2.31. The van der Waals surface area contributed by atoms with Crippen molar-refractivity contribution in [1.29, 1.82) is 0 Å². The molecule has 2 aromatic heterocycles. The van der Waals surface area contributed by atoms with Crippen molar-refractivity contribution in [2.45, 2.75) is 32.4 Å². The van der Waals surface area contributed by atoms with Crippen molar-refractivity contribution < 1.29 is 17.7 Å². The van der Waals surface area contributed by atoms with Gasteiger partial charge in [0, 0.05) is 11.6 Å². The molecule has 0 amide bonds. The van der Waals surface area contributed by atoms with Crippen LogP contribution < -0.4 is 0 Å². The molecule has 0 aliphatic heterocycles. The zero-order chi connectivity index (χ0) is 14.3. The first-order valence-corrected chi connectivity index (χ1v) is 5.56. The molecule has 19 heavy (non-hydrogen) atoms. The molecule has 0 saturated heterocycles. The summed E-state index contributed by atoms with van der Waals surface area (Å²) in [5.41, 5.74) is -0.885. The number of aromatic nitrogens is 3. The molecule has 0 saturated carbocycles. The normalized spacial score (nSPS) is 12.7. The molecule has 0 aliphatic rings. The van der Waals surface area contributed by atoms with E-state index in [0.29, 0.717) is 11.4 Å². The van der Waals surface area contributed by atoms with E-state index in [4.69, 9.17) is 4.52 Å². The van der Waals surface area contributed by atoms with Crippen LogP contribution in [0.1, 0.15) is 32.3 Å². The van der Waals surface area contributed by atoms with Gasteiger partial charge in [0.2, 0.25) is 0 Å². The Morgan fingerprint density at radius 1 is 1.11 bits per heavy atom. The van der Waals surface area contributed by atoms with Gasteiger partial charge in [0.15, 0.2) is 5.82 Å². The Hall–Kier alpha value is -1.92. The fraction of sp³-hybridized carbons (Fsp3) is 0.417. The van der Waals surface area contributed by atoms with E-state index in [1.807, 2.05) is 20.8 Å². The number of hydrogen-bond donors (Lipinski definition) is 0. The number of rotatable bonds is 1. The highest BCUT2D eigenvalue weighted by molar-refractivity contribution is 5.51. The van der Waals surface area contributed by atoms with Crippen LogP contribution in [0.15, 0.2) is 22.9 Å². The van der Waals surface area contributed by atoms with Gasteiger partial charge in [-0.3, -0.25) is 4.98 Å². The van der Waals surface area contributed by atoms with Crippen molar-refractivity contribution in [3.63, 3.8) is 0 Å². The summed E-state index contributed by atoms with van der Waals surface area (Å²) >= 11 is 0. The molecule has 0 spiro atoms. The molecule has 0 fully saturated rings. The summed E-state index contributed by atoms with van der Waals surface area (Å²) in [5, 5.41) is 3.80. The van der Waals surface area contributed by atoms with Crippen LogP contribution in [0.5, 0.6) is 0 Å². The first-order valence-electron chi connectivity index (χ1n) is 5.56. The second-order valence-electron chi connectivity index (χ2n) is 5.10. The van der Waals surface area contributed by atoms with Crippen LogP contribution in [0, 0.1) is 0 Å². The summed E-state index contributed by atoms with van der Waals surface area (Å²) in [6.45, 7) is 5.73. The smallest absolute Gasteiger partial charge is 0.334 e. The molecule has 0 radical (unpaired) electrons. The highest BCUT2D eigenvalue weighted by atomic mass is 19.4. The molecule has 7 heteroatoms. The molecule has 2 aromatic rings. The molecule has 0 aromatic carbocycles. The molecule has 0 N–H and O–H groups in total. The predicted molar refractivity (Wildman–Crippen MR) is 61.2 cm³/mol. The van der Waals surface area contributed by atoms with Crippen molar-refractivity contribution in [2.75, 3.05) is 0 Å². The van der Waals surface area contributed by atoms with Crippen molar-refractivity contribution in [2.24, 2.45) is 0 Å². The van der Waals surface area contributed by atoms with E-state index in [1.54, 1.807) is 0 Å². The SMILES string of the molecule is CC(C)(C)c1noc(-c2ccc(C(F)(F)F)nc2)n1. The van der Waals surface area contributed by atoms with Crippen LogP contribution in [-0.2, 0) is 11.6 Å². The number of pyridine rings is 1. The Morgan fingerprint density at radius 2 is 1.79 bits per heavy atom. The largest absolute Gasteiger partial charge is 0.433 e. The zero-order valence-electron chi connectivity index (χ0n) is 10.6. The lowest BCUT2D eigenvalue weighted by atomic mass is 9.96. The number of halogens is 3. The van der Waals surface area contributed by atoms with Crippen LogP contribution in [0.3, 0.4) is 0 Å². The average molecular weight is 271 g/mol. The molecule has 0 unspecified atom stereocenters. The average Bonchev–Trinajstić information content (AvgIpc) is 2.77. The van der Waals surface area contributed by atoms with Crippen molar-refractivity contribution in [1.82, 2.24) is 15.1 Å². The Bertz CT molecular complexity index is 567. The molecule has 102 valence electrons. The monoisotopic (exact) mass is 271 g/mol. The van der Waals surface area contributed by atoms with Gasteiger partial charge in [0.05, 0.1) is 5.56 Å². The van der Waals surface area contributed by atoms with E-state index in [1.165, 1.54) is 6.07 Å². The molecular weight excluding hydrogens is 259 g/mol. The fourth-order valence-electron chi connectivity index (χ4n) is 1.33. The van der Waals surface area contributed by atoms with Crippen molar-refractivity contribution in [3.8, 4) is 11.5 Å². The van der Waals surface area contributed by atoms with Gasteiger partial charge in [0.25, 0.3) is 5.89 Å². The third-order valence-electron chi connectivity index (χ3n) is 2.40. The summed E-state index contributed by atoms with van der Waals surface area (Å²) in [4.78, 5) is 7.49. The minimum Gasteiger partial charge on any atom is -0.334 e. The zero-order valence-corrected chi connectivity index (χ0v) is 10.6. The Kier molecular flexibility index (Phi) is 3.07. The maximum absolute atomic E-state index is 12.4. The fourth-order valence-corrected chi connectivity index (χ4v) is 1.33. The van der Waals surface area contributed by atoms with Gasteiger partial charge in [-0.2, -0.15) is 18.2 Å². The predicted octanol–water partition coefficient (Wildman–Crippen LogP) is 3.45. The summed E-state index contributed by atoms with van der Waals surface area (Å²) in [5.74, 6) is 0.647. The molecule has 2 heterocycles. The maximum Gasteiger partial charge on any atom is 0.433 e. The van der Waals surface area contributed by atoms with E-state index in [0.717, 1.165) is 12.3 Å². The van der Waals surface area contributed by atoms with E-state index in [2.05, 4.69) is 15.1 Å². The molecule has 0 aliphatic carbocycles. The lowest BCUT2D eigenvalue weighted by molar-refractivity contribution is -0.141. The van der Waals surface area contributed by atoms with E-state index in [9.17, 15) is 13.2 Å². The standard InChI is InChI=1S/C12H12F3N3O/c1-11(2,3)10-17-9(19-18-10)7-4-5-8(16-6-7)12(13,14)15/h4-6H,1-3H3. The molecule has 4 nitrogen and oxygen atoms in total. The van der Waals surface area contributed by atoms with Crippen LogP contribution >= 0.6 is 0 Å². The highest BCUT2D eigenvalue weighted by Gasteiger charge is 2.32. The summed E-state index contributed by atoms with van der Waals surface area (Å²) in [6.07, 6.45) is -3.38. The summed E-state index contributed by atoms with van der Waals surface area (Å²) < 4.78 is 42.1. The Morgan fingerprint density at radius 3 is 2.21 bits per heavy atom. The van der Waals surface area contributed by atoms with Crippen molar-refractivity contribution in [3.05, 3.63) is 29.8 Å². The van der Waals surface area contributed by atoms with Gasteiger partial charge in [-0.05, 0) is 12.1 Å². The van der Waals surface area contributed by atoms with Gasteiger partial charge >= 0.3 is 6.18 Å². The van der Waals surface area contributed by atoms with Crippen molar-refractivity contribution >= 4 is 0 Å². The third kappa shape index (κ3) is 2.91. The third-order valence-corrected chi connectivity index (χ3v) is 2.40. The minimum absolute atomic E-state index is 0.158. The van der Waals surface area contributed by atoms with Crippen LogP contribution in [0.25, 0.3) is 11.5 Å². The van der Waals surface area contributed by atoms with Crippen LogP contribution in [0.4, 0.5) is 13.2 Å². The van der Waals surface area contributed by atoms with Gasteiger partial charge in [-0.1, -0.05) is 25.9 Å². The van der Waals surface area contributed by atoms with E-state index < -0.39 is 11.9 Å². The summed E-state index contributed by atoms with van der Waals surface area (Å²) in [7, 11) is 0. The number of hydrogen-bond acceptors (Lipinski definition) is 4. The van der Waals surface area contributed by atoms with Crippen LogP contribution in [0.2, 0.25) is 0 Å². The minimum atomic E-state index is -4.45. The van der Waals surface area contributed by atoms with E-state index in [-0.39, 0.29) is 11.3 Å². The second kappa shape index (κ2) is 4.32. The Labute approximate surface area is 107 Å². The molecule has 0 bridgehead atoms. The van der Waals surface area contributed by atoms with Gasteiger partial charge < -0.3 is 4.52 Å². The second-order valence-corrected chi connectivity index (χ2v) is 5.10. The topological polar surface area (TPSA) is 51.8 Å². The van der Waals surface area contributed by atoms with Crippen LogP contribution in [-0.4, -0.2) is 15.1 Å². The molecule has 2 rings (SSSR count). The number of nitrogens with zero attached hydrogens (tertiary/aromatic N) is 3. The quantitative estimate of drug-likeness (QED) is 0.797. The lowest BCUT2D eigenvalue weighted by Gasteiger charge is -2.10. The lowest BCUT2D eigenvalue weighted by Crippen LogP contribution is -2.13.